The second kappa shape index (κ2) is 6.53. The summed E-state index contributed by atoms with van der Waals surface area (Å²) in [5.74, 6) is -0.232. The molecular formula is C10H15F3N4O2. The van der Waals surface area contributed by atoms with E-state index in [1.54, 1.807) is 6.92 Å². The summed E-state index contributed by atoms with van der Waals surface area (Å²) in [6.07, 6.45) is -5.66. The highest BCUT2D eigenvalue weighted by Crippen LogP contribution is 2.29. The largest absolute Gasteiger partial charge is 0.433 e. The Balaban J connectivity index is 2.93. The highest BCUT2D eigenvalue weighted by molar-refractivity contribution is 5.43. The lowest BCUT2D eigenvalue weighted by Crippen LogP contribution is -2.24. The smallest absolute Gasteiger partial charge is 0.394 e. The number of aromatic nitrogens is 2. The minimum absolute atomic E-state index is 0.0780. The Morgan fingerprint density at radius 1 is 1.32 bits per heavy atom. The van der Waals surface area contributed by atoms with E-state index in [1.807, 2.05) is 0 Å². The van der Waals surface area contributed by atoms with Gasteiger partial charge in [-0.2, -0.15) is 18.2 Å². The number of nitrogens with one attached hydrogen (secondary N) is 2. The van der Waals surface area contributed by atoms with Gasteiger partial charge in [0.05, 0.1) is 12.7 Å². The van der Waals surface area contributed by atoms with E-state index in [0.29, 0.717) is 6.54 Å². The molecule has 0 saturated carbocycles. The van der Waals surface area contributed by atoms with Gasteiger partial charge in [-0.05, 0) is 6.92 Å². The van der Waals surface area contributed by atoms with Gasteiger partial charge in [0.1, 0.15) is 5.82 Å². The van der Waals surface area contributed by atoms with E-state index in [1.165, 1.54) is 0 Å². The van der Waals surface area contributed by atoms with Gasteiger partial charge in [-0.15, -0.1) is 0 Å². The van der Waals surface area contributed by atoms with E-state index in [2.05, 4.69) is 20.6 Å². The summed E-state index contributed by atoms with van der Waals surface area (Å²) >= 11 is 0. The van der Waals surface area contributed by atoms with Gasteiger partial charge < -0.3 is 20.8 Å². The fraction of sp³-hybridized carbons (Fsp3) is 0.600. The molecule has 1 rings (SSSR count). The van der Waals surface area contributed by atoms with Crippen molar-refractivity contribution < 1.29 is 23.4 Å². The molecule has 0 aliphatic heterocycles. The molecular weight excluding hydrogens is 265 g/mol. The summed E-state index contributed by atoms with van der Waals surface area (Å²) in [7, 11) is 0. The molecule has 1 aromatic rings. The lowest BCUT2D eigenvalue weighted by Gasteiger charge is -2.13. The third kappa shape index (κ3) is 4.87. The van der Waals surface area contributed by atoms with Gasteiger partial charge >= 0.3 is 6.18 Å². The van der Waals surface area contributed by atoms with Crippen LogP contribution in [0.25, 0.3) is 0 Å². The Kier molecular flexibility index (Phi) is 5.31. The third-order valence-electron chi connectivity index (χ3n) is 2.08. The molecule has 0 aliphatic rings. The van der Waals surface area contributed by atoms with Crippen LogP contribution in [0.15, 0.2) is 6.07 Å². The van der Waals surface area contributed by atoms with Crippen molar-refractivity contribution in [1.29, 1.82) is 0 Å². The minimum Gasteiger partial charge on any atom is -0.394 e. The summed E-state index contributed by atoms with van der Waals surface area (Å²) in [5.41, 5.74) is -1.08. The summed E-state index contributed by atoms with van der Waals surface area (Å²) in [6, 6.07) is 0.741. The van der Waals surface area contributed by atoms with Gasteiger partial charge in [0.15, 0.2) is 5.69 Å². The molecule has 1 aromatic heterocycles. The molecule has 19 heavy (non-hydrogen) atoms. The van der Waals surface area contributed by atoms with Crippen molar-refractivity contribution in [2.45, 2.75) is 19.2 Å². The van der Waals surface area contributed by atoms with Crippen LogP contribution in [0.5, 0.6) is 0 Å². The Morgan fingerprint density at radius 3 is 2.53 bits per heavy atom. The van der Waals surface area contributed by atoms with E-state index < -0.39 is 24.6 Å². The van der Waals surface area contributed by atoms with Gasteiger partial charge in [0.25, 0.3) is 0 Å². The molecule has 108 valence electrons. The Hall–Kier alpha value is -1.61. The lowest BCUT2D eigenvalue weighted by molar-refractivity contribution is -0.141. The first kappa shape index (κ1) is 15.4. The number of aliphatic hydroxyl groups is 2. The molecule has 1 atom stereocenters. The molecule has 1 heterocycles. The maximum absolute atomic E-state index is 12.6. The summed E-state index contributed by atoms with van der Waals surface area (Å²) in [4.78, 5) is 7.16. The lowest BCUT2D eigenvalue weighted by atomic mass is 10.3. The van der Waals surface area contributed by atoms with Gasteiger partial charge in [-0.25, -0.2) is 4.98 Å². The maximum atomic E-state index is 12.6. The van der Waals surface area contributed by atoms with Crippen LogP contribution in [0.4, 0.5) is 24.9 Å². The number of hydrogen-bond donors (Lipinski definition) is 4. The van der Waals surface area contributed by atoms with Crippen molar-refractivity contribution in [1.82, 2.24) is 9.97 Å². The van der Waals surface area contributed by atoms with Crippen LogP contribution in [0, 0.1) is 0 Å². The molecule has 4 N–H and O–H groups in total. The van der Waals surface area contributed by atoms with E-state index in [4.69, 9.17) is 10.2 Å². The number of halogens is 3. The molecule has 1 unspecified atom stereocenters. The molecule has 0 saturated heterocycles. The van der Waals surface area contributed by atoms with Crippen molar-refractivity contribution in [3.8, 4) is 0 Å². The van der Waals surface area contributed by atoms with E-state index in [9.17, 15) is 13.2 Å². The fourth-order valence-corrected chi connectivity index (χ4v) is 1.21. The van der Waals surface area contributed by atoms with Crippen molar-refractivity contribution in [3.63, 3.8) is 0 Å². The second-order valence-corrected chi connectivity index (χ2v) is 3.71. The Bertz CT molecular complexity index is 414. The number of aliphatic hydroxyl groups excluding tert-OH is 2. The maximum Gasteiger partial charge on any atom is 0.433 e. The molecule has 0 fully saturated rings. The topological polar surface area (TPSA) is 90.3 Å². The average molecular weight is 280 g/mol. The van der Waals surface area contributed by atoms with Crippen molar-refractivity contribution in [3.05, 3.63) is 11.8 Å². The van der Waals surface area contributed by atoms with Gasteiger partial charge in [0.2, 0.25) is 5.95 Å². The predicted molar refractivity (Wildman–Crippen MR) is 62.8 cm³/mol. The molecule has 0 amide bonds. The van der Waals surface area contributed by atoms with Crippen molar-refractivity contribution in [2.24, 2.45) is 0 Å². The number of hydrogen-bond acceptors (Lipinski definition) is 6. The monoisotopic (exact) mass is 280 g/mol. The third-order valence-corrected chi connectivity index (χ3v) is 2.08. The van der Waals surface area contributed by atoms with Crippen LogP contribution in [0.3, 0.4) is 0 Å². The first-order valence-corrected chi connectivity index (χ1v) is 5.59. The zero-order valence-electron chi connectivity index (χ0n) is 10.2. The van der Waals surface area contributed by atoms with Crippen LogP contribution in [0.2, 0.25) is 0 Å². The number of rotatable bonds is 6. The zero-order valence-corrected chi connectivity index (χ0v) is 10.2. The fourth-order valence-electron chi connectivity index (χ4n) is 1.21. The number of alkyl halides is 3. The standard InChI is InChI=1S/C10H15F3N4O2/c1-2-14-9-16-7(10(11,12)13)3-8(17-9)15-4-6(19)5-18/h3,6,18-19H,2,4-5H2,1H3,(H2,14,15,16,17). The SMILES string of the molecule is CCNc1nc(NCC(O)CO)cc(C(F)(F)F)n1. The number of nitrogens with zero attached hydrogens (tertiary/aromatic N) is 2. The number of anilines is 2. The minimum atomic E-state index is -4.58. The van der Waals surface area contributed by atoms with Crippen molar-refractivity contribution >= 4 is 11.8 Å². The molecule has 0 spiro atoms. The van der Waals surface area contributed by atoms with Crippen LogP contribution in [-0.4, -0.2) is 46.0 Å². The highest BCUT2D eigenvalue weighted by Gasteiger charge is 2.33. The van der Waals surface area contributed by atoms with Crippen LogP contribution >= 0.6 is 0 Å². The zero-order chi connectivity index (χ0) is 14.5. The van der Waals surface area contributed by atoms with E-state index in [0.717, 1.165) is 6.07 Å². The van der Waals surface area contributed by atoms with Crippen LogP contribution < -0.4 is 10.6 Å². The molecule has 0 aromatic carbocycles. The molecule has 0 radical (unpaired) electrons. The first-order valence-electron chi connectivity index (χ1n) is 5.59. The molecule has 0 bridgehead atoms. The molecule has 6 nitrogen and oxygen atoms in total. The van der Waals surface area contributed by atoms with Gasteiger partial charge in [0, 0.05) is 19.2 Å². The van der Waals surface area contributed by atoms with Crippen LogP contribution in [0.1, 0.15) is 12.6 Å². The van der Waals surface area contributed by atoms with E-state index in [-0.39, 0.29) is 18.3 Å². The molecule has 9 heteroatoms. The average Bonchev–Trinajstić information content (AvgIpc) is 2.35. The summed E-state index contributed by atoms with van der Waals surface area (Å²) in [5, 5.41) is 22.8. The van der Waals surface area contributed by atoms with E-state index >= 15 is 0 Å². The van der Waals surface area contributed by atoms with Gasteiger partial charge in [-0.3, -0.25) is 0 Å². The first-order chi connectivity index (χ1) is 8.86. The predicted octanol–water partition coefficient (Wildman–Crippen LogP) is 0.692. The Morgan fingerprint density at radius 2 is 2.00 bits per heavy atom. The summed E-state index contributed by atoms with van der Waals surface area (Å²) in [6.45, 7) is 1.47. The summed E-state index contributed by atoms with van der Waals surface area (Å²) < 4.78 is 37.9. The second-order valence-electron chi connectivity index (χ2n) is 3.71. The highest BCUT2D eigenvalue weighted by atomic mass is 19.4. The molecule has 0 aliphatic carbocycles. The van der Waals surface area contributed by atoms with Crippen LogP contribution in [-0.2, 0) is 6.18 Å². The normalized spacial score (nSPS) is 13.2. The van der Waals surface area contributed by atoms with Crippen molar-refractivity contribution in [2.75, 3.05) is 30.3 Å². The Labute approximate surface area is 107 Å². The van der Waals surface area contributed by atoms with Gasteiger partial charge in [-0.1, -0.05) is 0 Å². The quantitative estimate of drug-likeness (QED) is 0.613.